The molecule has 3 heterocycles. The lowest BCUT2D eigenvalue weighted by Gasteiger charge is -2.40. The Labute approximate surface area is 177 Å². The lowest BCUT2D eigenvalue weighted by atomic mass is 9.88. The zero-order valence-corrected chi connectivity index (χ0v) is 18.2. The number of anilines is 1. The number of thiazole rings is 1. The van der Waals surface area contributed by atoms with Gasteiger partial charge >= 0.3 is 0 Å². The van der Waals surface area contributed by atoms with E-state index in [1.54, 1.807) is 4.40 Å². The van der Waals surface area contributed by atoms with E-state index in [4.69, 9.17) is 11.6 Å². The number of hydrogen-bond donors (Lipinski definition) is 0. The number of para-hydroxylation sites is 2. The molecule has 0 radical (unpaired) electrons. The average Bonchev–Trinajstić information content (AvgIpc) is 3.17. The molecule has 0 saturated heterocycles. The van der Waals surface area contributed by atoms with Crippen LogP contribution in [0.3, 0.4) is 0 Å². The third kappa shape index (κ3) is 2.72. The topological polar surface area (TPSA) is 37.6 Å². The molecule has 2 aromatic heterocycles. The van der Waals surface area contributed by atoms with Gasteiger partial charge in [-0.1, -0.05) is 41.1 Å². The summed E-state index contributed by atoms with van der Waals surface area (Å²) in [5.41, 5.74) is 5.84. The summed E-state index contributed by atoms with van der Waals surface area (Å²) < 4.78 is 2.31. The van der Waals surface area contributed by atoms with Crippen LogP contribution in [0.15, 0.2) is 47.3 Å². The number of imidazole rings is 1. The minimum Gasteiger partial charge on any atom is -0.365 e. The molecule has 1 aliphatic heterocycles. The van der Waals surface area contributed by atoms with Crippen LogP contribution in [-0.4, -0.2) is 22.0 Å². The van der Waals surface area contributed by atoms with E-state index in [0.29, 0.717) is 14.5 Å². The van der Waals surface area contributed by atoms with Crippen molar-refractivity contribution in [3.05, 3.63) is 73.5 Å². The molecule has 5 rings (SSSR count). The van der Waals surface area contributed by atoms with Crippen LogP contribution in [0.4, 0.5) is 5.69 Å². The van der Waals surface area contributed by atoms with Gasteiger partial charge < -0.3 is 4.90 Å². The van der Waals surface area contributed by atoms with E-state index in [1.165, 1.54) is 16.9 Å². The molecule has 2 aromatic carbocycles. The van der Waals surface area contributed by atoms with Gasteiger partial charge in [0.05, 0.1) is 21.1 Å². The molecule has 4 nitrogen and oxygen atoms in total. The molecule has 0 aliphatic carbocycles. The van der Waals surface area contributed by atoms with E-state index in [9.17, 15) is 4.79 Å². The first-order valence-electron chi connectivity index (χ1n) is 9.45. The van der Waals surface area contributed by atoms with Crippen LogP contribution < -0.4 is 15.0 Å². The van der Waals surface area contributed by atoms with Gasteiger partial charge in [0.15, 0.2) is 4.96 Å². The zero-order valence-electron chi connectivity index (χ0n) is 16.7. The number of hydrogen-bond acceptors (Lipinski definition) is 4. The van der Waals surface area contributed by atoms with Crippen LogP contribution in [0, 0.1) is 0 Å². The van der Waals surface area contributed by atoms with Gasteiger partial charge in [-0.2, -0.15) is 0 Å². The number of nitrogens with zero attached hydrogens (tertiary/aromatic N) is 3. The second kappa shape index (κ2) is 6.18. The molecular formula is C23H20ClN3OS. The summed E-state index contributed by atoms with van der Waals surface area (Å²) in [4.78, 5) is 20.6. The largest absolute Gasteiger partial charge is 0.365 e. The van der Waals surface area contributed by atoms with Gasteiger partial charge in [-0.25, -0.2) is 9.38 Å². The van der Waals surface area contributed by atoms with Crippen LogP contribution in [-0.2, 0) is 0 Å². The minimum absolute atomic E-state index is 0.0574. The Balaban J connectivity index is 1.72. The highest BCUT2D eigenvalue weighted by atomic mass is 35.5. The highest BCUT2D eigenvalue weighted by Gasteiger charge is 2.29. The summed E-state index contributed by atoms with van der Waals surface area (Å²) in [6, 6.07) is 11.8. The Morgan fingerprint density at radius 1 is 1.21 bits per heavy atom. The summed E-state index contributed by atoms with van der Waals surface area (Å²) >= 11 is 8.03. The molecule has 0 atom stereocenters. The van der Waals surface area contributed by atoms with Crippen molar-refractivity contribution in [2.24, 2.45) is 0 Å². The van der Waals surface area contributed by atoms with Gasteiger partial charge in [-0.3, -0.25) is 4.79 Å². The van der Waals surface area contributed by atoms with E-state index in [1.807, 2.05) is 36.4 Å². The molecule has 0 saturated carbocycles. The Morgan fingerprint density at radius 2 is 1.97 bits per heavy atom. The van der Waals surface area contributed by atoms with Gasteiger partial charge in [-0.15, -0.1) is 0 Å². The molecule has 4 aromatic rings. The van der Waals surface area contributed by atoms with Crippen molar-refractivity contribution in [2.45, 2.75) is 26.3 Å². The predicted molar refractivity (Wildman–Crippen MR) is 123 cm³/mol. The van der Waals surface area contributed by atoms with Crippen LogP contribution in [0.2, 0.25) is 5.02 Å². The molecule has 6 heteroatoms. The zero-order chi connectivity index (χ0) is 20.5. The number of aromatic nitrogens is 2. The molecule has 1 aliphatic rings. The highest BCUT2D eigenvalue weighted by molar-refractivity contribution is 7.15. The standard InChI is InChI=1S/C23H20ClN3OS/c1-13-12-23(2,3)26(4)19-11-16(24)14(9-15(13)19)10-20-21(28)27-18-8-6-5-7-17(18)25-22(27)29-20/h5-12H,1-4H3/b20-10+. The Bertz CT molecular complexity index is 1440. The molecule has 0 fully saturated rings. The van der Waals surface area contributed by atoms with Crippen molar-refractivity contribution in [3.63, 3.8) is 0 Å². The minimum atomic E-state index is -0.0755. The maximum absolute atomic E-state index is 13.0. The second-order valence-corrected chi connectivity index (χ2v) is 9.48. The fourth-order valence-electron chi connectivity index (χ4n) is 4.05. The third-order valence-corrected chi connectivity index (χ3v) is 7.06. The van der Waals surface area contributed by atoms with Crippen molar-refractivity contribution in [1.29, 1.82) is 0 Å². The summed E-state index contributed by atoms with van der Waals surface area (Å²) in [6.07, 6.45) is 4.14. The second-order valence-electron chi connectivity index (χ2n) is 8.07. The van der Waals surface area contributed by atoms with Crippen LogP contribution in [0.5, 0.6) is 0 Å². The van der Waals surface area contributed by atoms with Crippen LogP contribution >= 0.6 is 22.9 Å². The lowest BCUT2D eigenvalue weighted by molar-refractivity contribution is 0.598. The van der Waals surface area contributed by atoms with Gasteiger partial charge in [0, 0.05) is 23.3 Å². The van der Waals surface area contributed by atoms with E-state index in [2.05, 4.69) is 49.8 Å². The first-order valence-corrected chi connectivity index (χ1v) is 10.6. The first-order chi connectivity index (χ1) is 13.8. The Kier molecular flexibility index (Phi) is 3.92. The number of fused-ring (bicyclic) bond motifs is 4. The molecule has 146 valence electrons. The van der Waals surface area contributed by atoms with E-state index < -0.39 is 0 Å². The molecule has 0 amide bonds. The molecule has 0 unspecified atom stereocenters. The highest BCUT2D eigenvalue weighted by Crippen LogP contribution is 2.40. The summed E-state index contributed by atoms with van der Waals surface area (Å²) in [6.45, 7) is 6.49. The average molecular weight is 422 g/mol. The fourth-order valence-corrected chi connectivity index (χ4v) is 5.24. The van der Waals surface area contributed by atoms with Crippen molar-refractivity contribution in [3.8, 4) is 0 Å². The quantitative estimate of drug-likeness (QED) is 0.445. The fraction of sp³-hybridized carbons (Fsp3) is 0.217. The Hall–Kier alpha value is -2.63. The summed E-state index contributed by atoms with van der Waals surface area (Å²) in [5.74, 6) is 0. The van der Waals surface area contributed by atoms with Gasteiger partial charge in [-0.05, 0) is 62.2 Å². The van der Waals surface area contributed by atoms with Gasteiger partial charge in [0.2, 0.25) is 0 Å². The molecular weight excluding hydrogens is 402 g/mol. The van der Waals surface area contributed by atoms with Crippen molar-refractivity contribution in [1.82, 2.24) is 9.38 Å². The van der Waals surface area contributed by atoms with E-state index >= 15 is 0 Å². The van der Waals surface area contributed by atoms with Crippen LogP contribution in [0.1, 0.15) is 31.9 Å². The van der Waals surface area contributed by atoms with Crippen molar-refractivity contribution in [2.75, 3.05) is 11.9 Å². The SMILES string of the molecule is CC1=CC(C)(C)N(C)c2cc(Cl)c(/C=c3/sc4nc5ccccc5n4c3=O)cc21. The van der Waals surface area contributed by atoms with Crippen molar-refractivity contribution < 1.29 is 0 Å². The van der Waals surface area contributed by atoms with Gasteiger partial charge in [0.1, 0.15) is 0 Å². The molecule has 0 bridgehead atoms. The third-order valence-electron chi connectivity index (χ3n) is 5.77. The lowest BCUT2D eigenvalue weighted by Crippen LogP contribution is -2.42. The Morgan fingerprint density at radius 3 is 2.76 bits per heavy atom. The molecule has 0 N–H and O–H groups in total. The summed E-state index contributed by atoms with van der Waals surface area (Å²) in [5, 5.41) is 0.636. The maximum Gasteiger partial charge on any atom is 0.274 e. The smallest absolute Gasteiger partial charge is 0.274 e. The van der Waals surface area contributed by atoms with E-state index in [-0.39, 0.29) is 11.1 Å². The predicted octanol–water partition coefficient (Wildman–Crippen LogP) is 4.74. The normalized spacial score (nSPS) is 16.5. The number of rotatable bonds is 1. The van der Waals surface area contributed by atoms with E-state index in [0.717, 1.165) is 27.8 Å². The maximum atomic E-state index is 13.0. The first kappa shape index (κ1) is 18.4. The molecule has 0 spiro atoms. The molecule has 29 heavy (non-hydrogen) atoms. The van der Waals surface area contributed by atoms with Gasteiger partial charge in [0.25, 0.3) is 5.56 Å². The number of allylic oxidation sites excluding steroid dienone is 1. The van der Waals surface area contributed by atoms with Crippen molar-refractivity contribution >= 4 is 56.3 Å². The summed E-state index contributed by atoms with van der Waals surface area (Å²) in [7, 11) is 2.08. The van der Waals surface area contributed by atoms with Crippen LogP contribution in [0.25, 0.3) is 27.6 Å². The number of benzene rings is 2. The number of halogens is 1. The number of likely N-dealkylation sites (N-methyl/N-ethyl adjacent to an activating group) is 1. The monoisotopic (exact) mass is 421 g/mol.